The highest BCUT2D eigenvalue weighted by atomic mass is 31.2. The lowest BCUT2D eigenvalue weighted by Crippen LogP contribution is -2.47. The molecule has 1 amide bonds. The van der Waals surface area contributed by atoms with Gasteiger partial charge < -0.3 is 19.4 Å². The Balaban J connectivity index is 5.46. The number of rotatable bonds is 49. The summed E-state index contributed by atoms with van der Waals surface area (Å²) >= 11 is 0. The quantitative estimate of drug-likeness (QED) is 0.0156. The molecule has 0 heterocycles. The summed E-state index contributed by atoms with van der Waals surface area (Å²) in [6.45, 7) is 6.83. The number of hydrogen-bond acceptors (Lipinski definition) is 6. The van der Waals surface area contributed by atoms with E-state index in [0.29, 0.717) is 23.9 Å². The van der Waals surface area contributed by atoms with Crippen LogP contribution in [0, 0.1) is 0 Å². The van der Waals surface area contributed by atoms with Crippen LogP contribution in [0.1, 0.15) is 233 Å². The van der Waals surface area contributed by atoms with Crippen LogP contribution >= 0.6 is 7.82 Å². The number of likely N-dealkylation sites (N-methyl/N-ethyl adjacent to an activating group) is 1. The first-order chi connectivity index (χ1) is 32.9. The Labute approximate surface area is 419 Å². The second kappa shape index (κ2) is 48.1. The topological polar surface area (TPSA) is 111 Å². The molecule has 68 heavy (non-hydrogen) atoms. The first-order valence-electron chi connectivity index (χ1n) is 27.8. The van der Waals surface area contributed by atoms with Crippen LogP contribution in [-0.4, -0.2) is 74.3 Å². The van der Waals surface area contributed by atoms with E-state index in [-0.39, 0.29) is 31.5 Å². The summed E-state index contributed by atoms with van der Waals surface area (Å²) in [6.07, 6.45) is 60.3. The zero-order valence-corrected chi connectivity index (χ0v) is 45.7. The first kappa shape index (κ1) is 65.5. The second-order valence-electron chi connectivity index (χ2n) is 19.8. The molecule has 3 atom stereocenters. The van der Waals surface area contributed by atoms with Crippen molar-refractivity contribution in [3.8, 4) is 0 Å². The van der Waals surface area contributed by atoms with Gasteiger partial charge in [0, 0.05) is 12.8 Å². The molecule has 0 radical (unpaired) electrons. The highest BCUT2D eigenvalue weighted by molar-refractivity contribution is 7.47. The van der Waals surface area contributed by atoms with Crippen molar-refractivity contribution in [1.29, 1.82) is 0 Å². The van der Waals surface area contributed by atoms with Crippen LogP contribution in [-0.2, 0) is 27.9 Å². The lowest BCUT2D eigenvalue weighted by molar-refractivity contribution is -0.870. The molecule has 0 fully saturated rings. The van der Waals surface area contributed by atoms with Gasteiger partial charge in [0.25, 0.3) is 0 Å². The van der Waals surface area contributed by atoms with Crippen molar-refractivity contribution in [3.05, 3.63) is 72.9 Å². The lowest BCUT2D eigenvalue weighted by Gasteiger charge is -2.27. The third kappa shape index (κ3) is 48.5. The number of nitrogens with zero attached hydrogens (tertiary/aromatic N) is 1. The number of carbonyl (C=O) groups is 2. The van der Waals surface area contributed by atoms with E-state index >= 15 is 0 Å². The Morgan fingerprint density at radius 2 is 0.985 bits per heavy atom. The van der Waals surface area contributed by atoms with E-state index in [9.17, 15) is 19.0 Å². The van der Waals surface area contributed by atoms with Crippen molar-refractivity contribution >= 4 is 19.7 Å². The van der Waals surface area contributed by atoms with Gasteiger partial charge in [0.15, 0.2) is 0 Å². The van der Waals surface area contributed by atoms with Crippen LogP contribution in [0.2, 0.25) is 0 Å². The Morgan fingerprint density at radius 1 is 0.544 bits per heavy atom. The summed E-state index contributed by atoms with van der Waals surface area (Å²) < 4.78 is 30.6. The zero-order valence-electron chi connectivity index (χ0n) is 44.8. The molecule has 0 bridgehead atoms. The molecule has 394 valence electrons. The summed E-state index contributed by atoms with van der Waals surface area (Å²) in [7, 11) is 1.47. The second-order valence-corrected chi connectivity index (χ2v) is 21.2. The van der Waals surface area contributed by atoms with Gasteiger partial charge in [-0.1, -0.05) is 203 Å². The monoisotopic (exact) mass is 974 g/mol. The van der Waals surface area contributed by atoms with Crippen molar-refractivity contribution in [3.63, 3.8) is 0 Å². The number of ether oxygens (including phenoxy) is 1. The number of phosphoric ester groups is 1. The molecule has 0 aromatic heterocycles. The normalized spacial score (nSPS) is 14.4. The minimum absolute atomic E-state index is 0.0314. The van der Waals surface area contributed by atoms with Gasteiger partial charge in [0.2, 0.25) is 5.91 Å². The van der Waals surface area contributed by atoms with Crippen LogP contribution in [0.25, 0.3) is 0 Å². The van der Waals surface area contributed by atoms with E-state index in [2.05, 4.69) is 86.8 Å². The fourth-order valence-electron chi connectivity index (χ4n) is 7.59. The lowest BCUT2D eigenvalue weighted by atomic mass is 10.0. The minimum Gasteiger partial charge on any atom is -0.456 e. The zero-order chi connectivity index (χ0) is 50.1. The molecule has 0 rings (SSSR count). The molecule has 0 saturated heterocycles. The number of quaternary nitrogens is 1. The number of hydrogen-bond donors (Lipinski definition) is 2. The van der Waals surface area contributed by atoms with Crippen molar-refractivity contribution < 1.29 is 37.3 Å². The number of amides is 1. The van der Waals surface area contributed by atoms with Crippen molar-refractivity contribution in [2.75, 3.05) is 40.9 Å². The minimum atomic E-state index is -4.45. The molecule has 3 unspecified atom stereocenters. The molecule has 0 aliphatic rings. The van der Waals surface area contributed by atoms with E-state index in [1.807, 2.05) is 33.3 Å². The third-order valence-corrected chi connectivity index (χ3v) is 12.9. The number of phosphoric acid groups is 1. The molecule has 0 saturated carbocycles. The largest absolute Gasteiger partial charge is 0.472 e. The smallest absolute Gasteiger partial charge is 0.456 e. The van der Waals surface area contributed by atoms with Crippen LogP contribution < -0.4 is 5.32 Å². The number of carbonyl (C=O) groups excluding carboxylic acids is 2. The molecule has 10 heteroatoms. The van der Waals surface area contributed by atoms with E-state index in [1.54, 1.807) is 0 Å². The van der Waals surface area contributed by atoms with Crippen LogP contribution in [0.15, 0.2) is 72.9 Å². The van der Waals surface area contributed by atoms with Gasteiger partial charge in [0.05, 0.1) is 33.8 Å². The van der Waals surface area contributed by atoms with Crippen molar-refractivity contribution in [2.45, 2.75) is 245 Å². The Bertz CT molecular complexity index is 1400. The van der Waals surface area contributed by atoms with E-state index < -0.39 is 20.0 Å². The first-order valence-corrected chi connectivity index (χ1v) is 29.3. The van der Waals surface area contributed by atoms with Crippen LogP contribution in [0.4, 0.5) is 0 Å². The maximum absolute atomic E-state index is 13.5. The summed E-state index contributed by atoms with van der Waals surface area (Å²) in [6, 6.07) is -0.865. The standard InChI is InChI=1S/C58H105N2O7P/c1-7-10-13-16-19-22-25-28-30-32-35-38-41-44-47-50-57(61)59-55(54-66-68(63,64)65-53-52-60(4,5)6)56(49-46-43-40-37-34-31-27-24-21-18-15-12-9-3)67-58(62)51-48-45-42-39-36-33-29-26-23-20-17-14-11-8-2/h11,14,19-20,22-23,25,28-29,33,46,49,55-56H,7-10,12-13,15-18,21,24,26-27,30-32,34-45,47-48,50-54H2,1-6H3,(H-,59,61,63,64)/p+1/b14-11+,22-19+,23-20+,28-25+,33-29+,49-46+. The Hall–Kier alpha value is -2.55. The molecule has 0 aliphatic carbocycles. The van der Waals surface area contributed by atoms with Crippen LogP contribution in [0.5, 0.6) is 0 Å². The number of unbranched alkanes of at least 4 members (excludes halogenated alkanes) is 24. The predicted molar refractivity (Wildman–Crippen MR) is 291 cm³/mol. The average Bonchev–Trinajstić information content (AvgIpc) is 3.29. The maximum Gasteiger partial charge on any atom is 0.472 e. The van der Waals surface area contributed by atoms with Gasteiger partial charge in [0.1, 0.15) is 19.3 Å². The summed E-state index contributed by atoms with van der Waals surface area (Å²) in [4.78, 5) is 37.5. The molecule has 0 aromatic carbocycles. The van der Waals surface area contributed by atoms with Crippen molar-refractivity contribution in [1.82, 2.24) is 5.32 Å². The number of allylic oxidation sites excluding steroid dienone is 11. The Kier molecular flexibility index (Phi) is 46.3. The SMILES string of the molecule is CC/C=C/C/C=C/C/C=C/CCCCCCC(=O)OC(/C=C/CCCCCCCCCCCCC)C(COP(=O)(O)OCC[N+](C)(C)C)NC(=O)CCCCCCCC/C=C/C=C/CCCCC. The van der Waals surface area contributed by atoms with Gasteiger partial charge >= 0.3 is 13.8 Å². The summed E-state index contributed by atoms with van der Waals surface area (Å²) in [5.41, 5.74) is 0. The average molecular weight is 974 g/mol. The van der Waals surface area contributed by atoms with Crippen molar-refractivity contribution in [2.24, 2.45) is 0 Å². The summed E-state index contributed by atoms with van der Waals surface area (Å²) in [5, 5.41) is 3.03. The van der Waals surface area contributed by atoms with Gasteiger partial charge in [-0.3, -0.25) is 18.6 Å². The molecule has 0 spiro atoms. The Morgan fingerprint density at radius 3 is 1.53 bits per heavy atom. The molecule has 0 aromatic rings. The maximum atomic E-state index is 13.5. The molecular weight excluding hydrogens is 868 g/mol. The fourth-order valence-corrected chi connectivity index (χ4v) is 8.33. The van der Waals surface area contributed by atoms with E-state index in [0.717, 1.165) is 109 Å². The highest BCUT2D eigenvalue weighted by Gasteiger charge is 2.30. The molecule has 9 nitrogen and oxygen atoms in total. The third-order valence-electron chi connectivity index (χ3n) is 11.9. The molecule has 2 N–H and O–H groups in total. The van der Waals surface area contributed by atoms with Crippen LogP contribution in [0.3, 0.4) is 0 Å². The molecule has 0 aliphatic heterocycles. The van der Waals surface area contributed by atoms with E-state index in [1.165, 1.54) is 83.5 Å². The number of esters is 1. The van der Waals surface area contributed by atoms with E-state index in [4.69, 9.17) is 13.8 Å². The summed E-state index contributed by atoms with van der Waals surface area (Å²) in [5.74, 6) is -0.547. The van der Waals surface area contributed by atoms with Gasteiger partial charge in [-0.05, 0) is 89.5 Å². The number of nitrogens with one attached hydrogen (secondary N) is 1. The van der Waals surface area contributed by atoms with Gasteiger partial charge in [-0.25, -0.2) is 4.57 Å². The van der Waals surface area contributed by atoms with Gasteiger partial charge in [-0.2, -0.15) is 0 Å². The van der Waals surface area contributed by atoms with Gasteiger partial charge in [-0.15, -0.1) is 0 Å². The predicted octanol–water partition coefficient (Wildman–Crippen LogP) is 16.5. The highest BCUT2D eigenvalue weighted by Crippen LogP contribution is 2.43. The molecular formula is C58H106N2O7P+. The fraction of sp³-hybridized carbons (Fsp3) is 0.759.